The molecule has 1 aliphatic heterocycles. The molecule has 0 atom stereocenters. The van der Waals surface area contributed by atoms with Gasteiger partial charge in [0.25, 0.3) is 5.69 Å². The Labute approximate surface area is 163 Å². The first-order chi connectivity index (χ1) is 13.6. The van der Waals surface area contributed by atoms with Crippen molar-refractivity contribution < 1.29 is 9.72 Å². The molecule has 0 bridgehead atoms. The molecule has 1 N–H and O–H groups in total. The van der Waals surface area contributed by atoms with Gasteiger partial charge >= 0.3 is 0 Å². The van der Waals surface area contributed by atoms with Gasteiger partial charge in [-0.1, -0.05) is 18.2 Å². The molecule has 2 aromatic carbocycles. The van der Waals surface area contributed by atoms with Crippen molar-refractivity contribution >= 4 is 23.0 Å². The fourth-order valence-electron chi connectivity index (χ4n) is 3.19. The molecule has 1 saturated heterocycles. The van der Waals surface area contributed by atoms with Gasteiger partial charge < -0.3 is 10.2 Å². The normalized spacial score (nSPS) is 14.3. The van der Waals surface area contributed by atoms with Crippen LogP contribution >= 0.6 is 0 Å². The lowest BCUT2D eigenvalue weighted by atomic mass is 10.2. The summed E-state index contributed by atoms with van der Waals surface area (Å²) in [7, 11) is 0. The second kappa shape index (κ2) is 8.97. The van der Waals surface area contributed by atoms with Crippen molar-refractivity contribution in [3.63, 3.8) is 0 Å². The first-order valence-electron chi connectivity index (χ1n) is 9.07. The summed E-state index contributed by atoms with van der Waals surface area (Å²) in [5.41, 5.74) is 1.92. The maximum Gasteiger partial charge on any atom is 0.271 e. The first kappa shape index (κ1) is 19.3. The van der Waals surface area contributed by atoms with Crippen LogP contribution in [0.3, 0.4) is 0 Å². The number of nitro groups is 1. The summed E-state index contributed by atoms with van der Waals surface area (Å²) in [6.45, 7) is 3.69. The van der Waals surface area contributed by atoms with Gasteiger partial charge in [0, 0.05) is 57.0 Å². The quantitative estimate of drug-likeness (QED) is 0.611. The molecule has 1 fully saturated rings. The molecule has 2 aromatic rings. The van der Waals surface area contributed by atoms with E-state index in [4.69, 9.17) is 5.26 Å². The Bertz CT molecular complexity index is 901. The summed E-state index contributed by atoms with van der Waals surface area (Å²) in [5.74, 6) is -0.121. The molecular formula is C20H21N5O3. The van der Waals surface area contributed by atoms with Crippen molar-refractivity contribution in [3.8, 4) is 6.07 Å². The number of hydrogen-bond donors (Lipinski definition) is 1. The van der Waals surface area contributed by atoms with Crippen LogP contribution in [0.1, 0.15) is 12.0 Å². The topological polar surface area (TPSA) is 103 Å². The molecule has 3 rings (SSSR count). The molecule has 8 nitrogen and oxygen atoms in total. The zero-order valence-electron chi connectivity index (χ0n) is 15.4. The maximum atomic E-state index is 12.2. The van der Waals surface area contributed by atoms with Gasteiger partial charge in [-0.05, 0) is 18.2 Å². The predicted octanol–water partition coefficient (Wildman–Crippen LogP) is 2.62. The number of rotatable bonds is 6. The molecule has 28 heavy (non-hydrogen) atoms. The van der Waals surface area contributed by atoms with Crippen molar-refractivity contribution in [2.24, 2.45) is 0 Å². The Morgan fingerprint density at radius 3 is 2.61 bits per heavy atom. The Balaban J connectivity index is 1.47. The molecule has 1 amide bonds. The van der Waals surface area contributed by atoms with Gasteiger partial charge in [-0.3, -0.25) is 19.8 Å². The number of hydrogen-bond acceptors (Lipinski definition) is 6. The highest BCUT2D eigenvalue weighted by atomic mass is 16.6. The zero-order chi connectivity index (χ0) is 19.9. The highest BCUT2D eigenvalue weighted by molar-refractivity contribution is 5.92. The molecule has 0 spiro atoms. The number of nitriles is 1. The second-order valence-electron chi connectivity index (χ2n) is 6.56. The second-order valence-corrected chi connectivity index (χ2v) is 6.56. The number of carbonyl (C=O) groups excluding carboxylic acids is 1. The Hall–Kier alpha value is -3.44. The van der Waals surface area contributed by atoms with E-state index in [1.165, 1.54) is 6.07 Å². The van der Waals surface area contributed by atoms with Crippen molar-refractivity contribution in [1.29, 1.82) is 5.26 Å². The summed E-state index contributed by atoms with van der Waals surface area (Å²) >= 11 is 0. The number of nitro benzene ring substituents is 1. The number of benzene rings is 2. The first-order valence-corrected chi connectivity index (χ1v) is 9.07. The van der Waals surface area contributed by atoms with E-state index >= 15 is 0 Å². The summed E-state index contributed by atoms with van der Waals surface area (Å²) in [5, 5.41) is 22.8. The van der Waals surface area contributed by atoms with Crippen LogP contribution in [0, 0.1) is 21.4 Å². The fraction of sp³-hybridized carbons (Fsp3) is 0.300. The average molecular weight is 379 g/mol. The molecule has 1 heterocycles. The Morgan fingerprint density at radius 2 is 1.89 bits per heavy atom. The number of nitrogens with one attached hydrogen (secondary N) is 1. The van der Waals surface area contributed by atoms with Crippen LogP contribution in [-0.2, 0) is 4.79 Å². The predicted molar refractivity (Wildman–Crippen MR) is 106 cm³/mol. The van der Waals surface area contributed by atoms with Crippen LogP contribution in [0.4, 0.5) is 17.1 Å². The van der Waals surface area contributed by atoms with E-state index in [0.29, 0.717) is 24.2 Å². The molecule has 0 radical (unpaired) electrons. The molecule has 0 aromatic heterocycles. The molecule has 0 unspecified atom stereocenters. The highest BCUT2D eigenvalue weighted by Gasteiger charge is 2.19. The number of para-hydroxylation sites is 1. The van der Waals surface area contributed by atoms with Gasteiger partial charge in [-0.15, -0.1) is 0 Å². The lowest BCUT2D eigenvalue weighted by Crippen LogP contribution is -2.47. The minimum atomic E-state index is -0.386. The van der Waals surface area contributed by atoms with Crippen molar-refractivity contribution in [3.05, 3.63) is 64.2 Å². The van der Waals surface area contributed by atoms with E-state index < -0.39 is 0 Å². The fourth-order valence-corrected chi connectivity index (χ4v) is 3.19. The SMILES string of the molecule is N#Cc1ccccc1NC(=O)CCN1CCN(c2cccc([N+](=O)[O-])c2)CC1. The molecule has 8 heteroatoms. The monoisotopic (exact) mass is 379 g/mol. The van der Waals surface area contributed by atoms with Crippen molar-refractivity contribution in [2.45, 2.75) is 6.42 Å². The van der Waals surface area contributed by atoms with Crippen molar-refractivity contribution in [2.75, 3.05) is 42.9 Å². The van der Waals surface area contributed by atoms with E-state index in [2.05, 4.69) is 21.2 Å². The molecule has 0 saturated carbocycles. The summed E-state index contributed by atoms with van der Waals surface area (Å²) < 4.78 is 0. The minimum Gasteiger partial charge on any atom is -0.369 e. The van der Waals surface area contributed by atoms with E-state index in [0.717, 1.165) is 31.9 Å². The standard InChI is InChI=1S/C20H21N5O3/c21-15-16-4-1-2-7-19(16)22-20(26)8-9-23-10-12-24(13-11-23)17-5-3-6-18(14-17)25(27)28/h1-7,14H,8-13H2,(H,22,26). The summed E-state index contributed by atoms with van der Waals surface area (Å²) in [4.78, 5) is 27.1. The molecule has 0 aliphatic carbocycles. The lowest BCUT2D eigenvalue weighted by molar-refractivity contribution is -0.384. The zero-order valence-corrected chi connectivity index (χ0v) is 15.4. The van der Waals surface area contributed by atoms with Gasteiger partial charge in [0.1, 0.15) is 6.07 Å². The van der Waals surface area contributed by atoms with Gasteiger partial charge in [0.05, 0.1) is 16.2 Å². The van der Waals surface area contributed by atoms with Crippen LogP contribution < -0.4 is 10.2 Å². The smallest absolute Gasteiger partial charge is 0.271 e. The number of carbonyl (C=O) groups is 1. The van der Waals surface area contributed by atoms with E-state index in [9.17, 15) is 14.9 Å². The molecular weight excluding hydrogens is 358 g/mol. The lowest BCUT2D eigenvalue weighted by Gasteiger charge is -2.35. The largest absolute Gasteiger partial charge is 0.369 e. The van der Waals surface area contributed by atoms with Gasteiger partial charge in [0.2, 0.25) is 5.91 Å². The average Bonchev–Trinajstić information content (AvgIpc) is 2.73. The number of anilines is 2. The molecule has 1 aliphatic rings. The minimum absolute atomic E-state index is 0.0919. The van der Waals surface area contributed by atoms with Gasteiger partial charge in [0.15, 0.2) is 0 Å². The van der Waals surface area contributed by atoms with Crippen LogP contribution in [0.2, 0.25) is 0 Å². The van der Waals surface area contributed by atoms with E-state index in [1.54, 1.807) is 36.4 Å². The van der Waals surface area contributed by atoms with Crippen LogP contribution in [0.15, 0.2) is 48.5 Å². The number of piperazine rings is 1. The third-order valence-corrected chi connectivity index (χ3v) is 4.75. The van der Waals surface area contributed by atoms with Crippen LogP contribution in [-0.4, -0.2) is 48.5 Å². The Morgan fingerprint density at radius 1 is 1.14 bits per heavy atom. The van der Waals surface area contributed by atoms with Crippen LogP contribution in [0.5, 0.6) is 0 Å². The van der Waals surface area contributed by atoms with Gasteiger partial charge in [-0.2, -0.15) is 5.26 Å². The number of amides is 1. The van der Waals surface area contributed by atoms with E-state index in [1.807, 2.05) is 6.07 Å². The number of nitrogens with zero attached hydrogens (tertiary/aromatic N) is 4. The third-order valence-electron chi connectivity index (χ3n) is 4.75. The highest BCUT2D eigenvalue weighted by Crippen LogP contribution is 2.22. The maximum absolute atomic E-state index is 12.2. The van der Waals surface area contributed by atoms with E-state index in [-0.39, 0.29) is 16.5 Å². The number of non-ortho nitro benzene ring substituents is 1. The van der Waals surface area contributed by atoms with Crippen LogP contribution in [0.25, 0.3) is 0 Å². The van der Waals surface area contributed by atoms with Gasteiger partial charge in [-0.25, -0.2) is 0 Å². The third kappa shape index (κ3) is 4.84. The molecule has 144 valence electrons. The summed E-state index contributed by atoms with van der Waals surface area (Å²) in [6, 6.07) is 15.6. The Kier molecular flexibility index (Phi) is 6.19. The summed E-state index contributed by atoms with van der Waals surface area (Å²) in [6.07, 6.45) is 0.344. The van der Waals surface area contributed by atoms with Crippen molar-refractivity contribution in [1.82, 2.24) is 4.90 Å².